The zero-order valence-electron chi connectivity index (χ0n) is 13.2. The number of rotatable bonds is 5. The predicted molar refractivity (Wildman–Crippen MR) is 89.2 cm³/mol. The second kappa shape index (κ2) is 7.74. The van der Waals surface area contributed by atoms with Crippen molar-refractivity contribution in [2.75, 3.05) is 19.6 Å². The summed E-state index contributed by atoms with van der Waals surface area (Å²) in [5.74, 6) is 6.14. The molecule has 1 aromatic heterocycles. The van der Waals surface area contributed by atoms with E-state index in [1.165, 1.54) is 0 Å². The summed E-state index contributed by atoms with van der Waals surface area (Å²) >= 11 is 0. The summed E-state index contributed by atoms with van der Waals surface area (Å²) in [6, 6.07) is 15.0. The minimum Gasteiger partial charge on any atom is -0.368 e. The summed E-state index contributed by atoms with van der Waals surface area (Å²) in [7, 11) is 0. The number of aliphatic hydroxyl groups is 1. The second-order valence-corrected chi connectivity index (χ2v) is 5.05. The normalized spacial score (nSPS) is 13.3. The molecule has 0 radical (unpaired) electrons. The smallest absolute Gasteiger partial charge is 0.194 e. The van der Waals surface area contributed by atoms with Gasteiger partial charge in [-0.3, -0.25) is 9.88 Å². The van der Waals surface area contributed by atoms with Gasteiger partial charge >= 0.3 is 0 Å². The molecule has 3 heteroatoms. The predicted octanol–water partition coefficient (Wildman–Crippen LogP) is 2.66. The highest BCUT2D eigenvalue weighted by molar-refractivity contribution is 5.41. The number of benzene rings is 1. The van der Waals surface area contributed by atoms with Gasteiger partial charge in [-0.15, -0.1) is 0 Å². The third-order valence-corrected chi connectivity index (χ3v) is 3.69. The van der Waals surface area contributed by atoms with Crippen LogP contribution in [0.1, 0.15) is 25.1 Å². The first-order chi connectivity index (χ1) is 10.7. The van der Waals surface area contributed by atoms with E-state index >= 15 is 0 Å². The summed E-state index contributed by atoms with van der Waals surface area (Å²) < 4.78 is 0. The molecule has 2 aromatic rings. The molecule has 2 rings (SSSR count). The Morgan fingerprint density at radius 2 is 1.73 bits per heavy atom. The molecule has 0 aliphatic carbocycles. The van der Waals surface area contributed by atoms with E-state index in [4.69, 9.17) is 0 Å². The average Bonchev–Trinajstić information content (AvgIpc) is 2.60. The van der Waals surface area contributed by atoms with Crippen LogP contribution in [0.3, 0.4) is 0 Å². The molecule has 3 nitrogen and oxygen atoms in total. The van der Waals surface area contributed by atoms with Crippen molar-refractivity contribution in [3.63, 3.8) is 0 Å². The molecule has 1 heterocycles. The van der Waals surface area contributed by atoms with E-state index in [0.29, 0.717) is 12.2 Å². The molecule has 22 heavy (non-hydrogen) atoms. The highest BCUT2D eigenvalue weighted by atomic mass is 16.3. The third kappa shape index (κ3) is 3.73. The average molecular weight is 294 g/mol. The van der Waals surface area contributed by atoms with Gasteiger partial charge in [0, 0.05) is 11.8 Å². The van der Waals surface area contributed by atoms with Crippen LogP contribution in [0.25, 0.3) is 0 Å². The van der Waals surface area contributed by atoms with E-state index in [0.717, 1.165) is 18.7 Å². The minimum atomic E-state index is -1.38. The topological polar surface area (TPSA) is 36.4 Å². The fourth-order valence-corrected chi connectivity index (χ4v) is 2.27. The number of pyridine rings is 1. The Morgan fingerprint density at radius 1 is 1.05 bits per heavy atom. The molecule has 0 fully saturated rings. The van der Waals surface area contributed by atoms with Crippen molar-refractivity contribution >= 4 is 0 Å². The van der Waals surface area contributed by atoms with Gasteiger partial charge < -0.3 is 5.11 Å². The van der Waals surface area contributed by atoms with Crippen LogP contribution in [0, 0.1) is 11.8 Å². The molecule has 0 amide bonds. The maximum absolute atomic E-state index is 11.2. The lowest BCUT2D eigenvalue weighted by Crippen LogP contribution is -2.28. The largest absolute Gasteiger partial charge is 0.368 e. The fourth-order valence-electron chi connectivity index (χ4n) is 2.27. The first-order valence-corrected chi connectivity index (χ1v) is 7.62. The molecule has 0 saturated heterocycles. The summed E-state index contributed by atoms with van der Waals surface area (Å²) in [6.07, 6.45) is 1.68. The monoisotopic (exact) mass is 294 g/mol. The van der Waals surface area contributed by atoms with E-state index in [2.05, 4.69) is 35.6 Å². The molecule has 114 valence electrons. The maximum Gasteiger partial charge on any atom is 0.194 e. The molecular weight excluding hydrogens is 272 g/mol. The Labute approximate surface area is 132 Å². The number of hydrogen-bond donors (Lipinski definition) is 1. The lowest BCUT2D eigenvalue weighted by atomic mass is 9.90. The highest BCUT2D eigenvalue weighted by Gasteiger charge is 2.30. The van der Waals surface area contributed by atoms with Crippen molar-refractivity contribution in [2.24, 2.45) is 0 Å². The molecule has 0 aliphatic heterocycles. The maximum atomic E-state index is 11.2. The van der Waals surface area contributed by atoms with Crippen LogP contribution in [0.2, 0.25) is 0 Å². The Hall–Kier alpha value is -2.15. The SMILES string of the molecule is CCN(CC)CC#CC(O)(c1ccccc1)c1ccccn1. The van der Waals surface area contributed by atoms with Crippen molar-refractivity contribution in [2.45, 2.75) is 19.4 Å². The van der Waals surface area contributed by atoms with Crippen LogP contribution < -0.4 is 0 Å². The Balaban J connectivity index is 2.38. The van der Waals surface area contributed by atoms with Gasteiger partial charge in [-0.25, -0.2) is 0 Å². The van der Waals surface area contributed by atoms with E-state index in [9.17, 15) is 5.11 Å². The van der Waals surface area contributed by atoms with Gasteiger partial charge in [-0.2, -0.15) is 0 Å². The van der Waals surface area contributed by atoms with Crippen molar-refractivity contribution < 1.29 is 5.11 Å². The second-order valence-electron chi connectivity index (χ2n) is 5.05. The van der Waals surface area contributed by atoms with Crippen LogP contribution in [-0.2, 0) is 5.60 Å². The van der Waals surface area contributed by atoms with Crippen LogP contribution in [0.4, 0.5) is 0 Å². The zero-order chi connectivity index (χ0) is 15.8. The van der Waals surface area contributed by atoms with Crippen molar-refractivity contribution in [1.82, 2.24) is 9.88 Å². The van der Waals surface area contributed by atoms with Gasteiger partial charge in [0.25, 0.3) is 0 Å². The van der Waals surface area contributed by atoms with E-state index in [1.807, 2.05) is 42.5 Å². The summed E-state index contributed by atoms with van der Waals surface area (Å²) in [5.41, 5.74) is -0.0932. The minimum absolute atomic E-state index is 0.549. The first kappa shape index (κ1) is 16.2. The third-order valence-electron chi connectivity index (χ3n) is 3.69. The van der Waals surface area contributed by atoms with Crippen molar-refractivity contribution in [3.05, 3.63) is 66.0 Å². The Bertz CT molecular complexity index is 585. The van der Waals surface area contributed by atoms with Crippen molar-refractivity contribution in [3.8, 4) is 11.8 Å². The lowest BCUT2D eigenvalue weighted by Gasteiger charge is -2.22. The summed E-state index contributed by atoms with van der Waals surface area (Å²) in [5, 5.41) is 11.2. The molecule has 1 N–H and O–H groups in total. The number of hydrogen-bond acceptors (Lipinski definition) is 3. The quantitative estimate of drug-likeness (QED) is 0.861. The van der Waals surface area contributed by atoms with Crippen LogP contribution in [0.15, 0.2) is 54.7 Å². The summed E-state index contributed by atoms with van der Waals surface area (Å²) in [6.45, 7) is 6.73. The highest BCUT2D eigenvalue weighted by Crippen LogP contribution is 2.27. The van der Waals surface area contributed by atoms with Crippen LogP contribution >= 0.6 is 0 Å². The van der Waals surface area contributed by atoms with E-state index < -0.39 is 5.60 Å². The van der Waals surface area contributed by atoms with Crippen LogP contribution in [0.5, 0.6) is 0 Å². The first-order valence-electron chi connectivity index (χ1n) is 7.62. The van der Waals surface area contributed by atoms with Gasteiger partial charge in [-0.1, -0.05) is 62.1 Å². The molecule has 0 aliphatic rings. The summed E-state index contributed by atoms with van der Waals surface area (Å²) in [4.78, 5) is 6.50. The molecule has 1 unspecified atom stereocenters. The van der Waals surface area contributed by atoms with Crippen LogP contribution in [-0.4, -0.2) is 34.6 Å². The van der Waals surface area contributed by atoms with Gasteiger partial charge in [0.05, 0.1) is 12.2 Å². The lowest BCUT2D eigenvalue weighted by molar-refractivity contribution is 0.140. The molecule has 0 spiro atoms. The number of nitrogens with zero attached hydrogens (tertiary/aromatic N) is 2. The van der Waals surface area contributed by atoms with Crippen molar-refractivity contribution in [1.29, 1.82) is 0 Å². The Kier molecular flexibility index (Phi) is 5.71. The van der Waals surface area contributed by atoms with Gasteiger partial charge in [0.1, 0.15) is 0 Å². The fraction of sp³-hybridized carbons (Fsp3) is 0.316. The zero-order valence-corrected chi connectivity index (χ0v) is 13.2. The molecule has 0 bridgehead atoms. The standard InChI is InChI=1S/C19H22N2O/c1-3-21(4-2)16-10-14-19(22,17-11-6-5-7-12-17)18-13-8-9-15-20-18/h5-9,11-13,15,22H,3-4,16H2,1-2H3. The molecule has 1 atom stereocenters. The number of aromatic nitrogens is 1. The van der Waals surface area contributed by atoms with Gasteiger partial charge in [0.2, 0.25) is 0 Å². The van der Waals surface area contributed by atoms with E-state index in [1.54, 1.807) is 12.3 Å². The molecule has 1 aromatic carbocycles. The van der Waals surface area contributed by atoms with E-state index in [-0.39, 0.29) is 0 Å². The van der Waals surface area contributed by atoms with Gasteiger partial charge in [0.15, 0.2) is 5.60 Å². The molecular formula is C19H22N2O. The molecule has 0 saturated carbocycles. The van der Waals surface area contributed by atoms with Gasteiger partial charge in [-0.05, 0) is 25.2 Å². The Morgan fingerprint density at radius 3 is 2.32 bits per heavy atom.